The summed E-state index contributed by atoms with van der Waals surface area (Å²) in [7, 11) is -4.07. The SMILES string of the molecule is O=C(NOC1CCCCO1)C1(S(=O)(=O)c2ccc(Oc3ccc(-c4ccccc4)cc3)cc2)CCOCC1. The van der Waals surface area contributed by atoms with Crippen LogP contribution in [0.15, 0.2) is 83.8 Å². The standard InChI is InChI=1S/C29H31NO7S/c31-28(30-37-27-8-4-5-19-35-27)29(17-20-34-21-18-29)38(32,33)26-15-13-25(14-16-26)36-24-11-9-23(10-12-24)22-6-2-1-3-7-22/h1-3,6-7,9-16,27H,4-5,8,17-21H2,(H,30,31). The van der Waals surface area contributed by atoms with Crippen LogP contribution in [-0.4, -0.2) is 45.2 Å². The smallest absolute Gasteiger partial charge is 0.265 e. The molecule has 8 nitrogen and oxygen atoms in total. The van der Waals surface area contributed by atoms with Crippen molar-refractivity contribution in [2.75, 3.05) is 19.8 Å². The number of amides is 1. The molecule has 3 aromatic rings. The van der Waals surface area contributed by atoms with Crippen molar-refractivity contribution in [1.82, 2.24) is 5.48 Å². The van der Waals surface area contributed by atoms with Gasteiger partial charge in [0.25, 0.3) is 5.91 Å². The molecule has 9 heteroatoms. The molecule has 0 bridgehead atoms. The first kappa shape index (κ1) is 26.4. The average Bonchev–Trinajstić information content (AvgIpc) is 2.98. The zero-order valence-corrected chi connectivity index (χ0v) is 21.8. The largest absolute Gasteiger partial charge is 0.457 e. The van der Waals surface area contributed by atoms with Gasteiger partial charge < -0.3 is 14.2 Å². The van der Waals surface area contributed by atoms with Crippen molar-refractivity contribution in [2.24, 2.45) is 0 Å². The number of rotatable bonds is 8. The van der Waals surface area contributed by atoms with Crippen molar-refractivity contribution < 1.29 is 32.3 Å². The van der Waals surface area contributed by atoms with E-state index in [2.05, 4.69) is 5.48 Å². The Bertz CT molecular complexity index is 1310. The Kier molecular flexibility index (Phi) is 8.09. The van der Waals surface area contributed by atoms with Gasteiger partial charge in [-0.25, -0.2) is 18.7 Å². The summed E-state index contributed by atoms with van der Waals surface area (Å²) in [5, 5.41) is 0. The fraction of sp³-hybridized carbons (Fsp3) is 0.345. The molecular formula is C29H31NO7S. The van der Waals surface area contributed by atoms with Crippen molar-refractivity contribution in [2.45, 2.75) is 48.0 Å². The van der Waals surface area contributed by atoms with Gasteiger partial charge in [-0.1, -0.05) is 42.5 Å². The summed E-state index contributed by atoms with van der Waals surface area (Å²) in [6.45, 7) is 0.864. The van der Waals surface area contributed by atoms with Gasteiger partial charge in [0.05, 0.1) is 4.90 Å². The van der Waals surface area contributed by atoms with Gasteiger partial charge in [0.15, 0.2) is 20.9 Å². The normalized spacial score (nSPS) is 19.4. The van der Waals surface area contributed by atoms with E-state index in [9.17, 15) is 13.2 Å². The van der Waals surface area contributed by atoms with Gasteiger partial charge in [0.1, 0.15) is 11.5 Å². The Morgan fingerprint density at radius 1 is 0.816 bits per heavy atom. The number of carbonyl (C=O) groups is 1. The highest BCUT2D eigenvalue weighted by Gasteiger charge is 2.52. The van der Waals surface area contributed by atoms with E-state index in [4.69, 9.17) is 19.0 Å². The highest BCUT2D eigenvalue weighted by molar-refractivity contribution is 7.93. The summed E-state index contributed by atoms with van der Waals surface area (Å²) in [6.07, 6.45) is 1.97. The van der Waals surface area contributed by atoms with Crippen LogP contribution in [0.5, 0.6) is 11.5 Å². The van der Waals surface area contributed by atoms with E-state index in [1.807, 2.05) is 54.6 Å². The summed E-state index contributed by atoms with van der Waals surface area (Å²) >= 11 is 0. The first-order valence-electron chi connectivity index (χ1n) is 12.8. The molecule has 0 saturated carbocycles. The predicted molar refractivity (Wildman–Crippen MR) is 141 cm³/mol. The molecule has 0 spiro atoms. The number of nitrogens with one attached hydrogen (secondary N) is 1. The Hall–Kier alpha value is -3.24. The molecular weight excluding hydrogens is 506 g/mol. The zero-order valence-electron chi connectivity index (χ0n) is 21.0. The number of benzene rings is 3. The molecule has 1 atom stereocenters. The third-order valence-corrected chi connectivity index (χ3v) is 9.50. The van der Waals surface area contributed by atoms with Crippen LogP contribution in [0, 0.1) is 0 Å². The lowest BCUT2D eigenvalue weighted by molar-refractivity contribution is -0.202. The van der Waals surface area contributed by atoms with Crippen LogP contribution in [0.25, 0.3) is 11.1 Å². The molecule has 0 aromatic heterocycles. The zero-order chi connectivity index (χ0) is 26.4. The van der Waals surface area contributed by atoms with E-state index >= 15 is 0 Å². The fourth-order valence-electron chi connectivity index (χ4n) is 4.73. The topological polar surface area (TPSA) is 100 Å². The van der Waals surface area contributed by atoms with Gasteiger partial charge >= 0.3 is 0 Å². The lowest BCUT2D eigenvalue weighted by atomic mass is 9.98. The molecule has 2 aliphatic rings. The number of hydrogen-bond acceptors (Lipinski definition) is 7. The van der Waals surface area contributed by atoms with Gasteiger partial charge in [0.2, 0.25) is 0 Å². The Labute approximate surface area is 222 Å². The molecule has 2 fully saturated rings. The maximum Gasteiger partial charge on any atom is 0.265 e. The number of sulfone groups is 1. The van der Waals surface area contributed by atoms with Crippen molar-refractivity contribution in [3.8, 4) is 22.6 Å². The third kappa shape index (κ3) is 5.61. The Morgan fingerprint density at radius 2 is 1.45 bits per heavy atom. The molecule has 38 heavy (non-hydrogen) atoms. The fourth-order valence-corrected chi connectivity index (χ4v) is 6.67. The van der Waals surface area contributed by atoms with Crippen molar-refractivity contribution >= 4 is 15.7 Å². The van der Waals surface area contributed by atoms with Crippen LogP contribution in [0.3, 0.4) is 0 Å². The van der Waals surface area contributed by atoms with Crippen LogP contribution in [0.2, 0.25) is 0 Å². The lowest BCUT2D eigenvalue weighted by Gasteiger charge is -2.35. The second-order valence-corrected chi connectivity index (χ2v) is 11.7. The van der Waals surface area contributed by atoms with E-state index in [1.54, 1.807) is 12.1 Å². The molecule has 0 aliphatic carbocycles. The van der Waals surface area contributed by atoms with E-state index in [0.29, 0.717) is 24.5 Å². The van der Waals surface area contributed by atoms with Crippen molar-refractivity contribution in [3.63, 3.8) is 0 Å². The minimum Gasteiger partial charge on any atom is -0.457 e. The molecule has 0 radical (unpaired) electrons. The predicted octanol–water partition coefficient (Wildman–Crippen LogP) is 5.04. The van der Waals surface area contributed by atoms with Gasteiger partial charge in [-0.15, -0.1) is 0 Å². The molecule has 1 unspecified atom stereocenters. The second-order valence-electron chi connectivity index (χ2n) is 9.42. The number of hydrogen-bond donors (Lipinski definition) is 1. The van der Waals surface area contributed by atoms with E-state index in [-0.39, 0.29) is 31.0 Å². The minimum atomic E-state index is -4.07. The monoisotopic (exact) mass is 537 g/mol. The molecule has 2 heterocycles. The van der Waals surface area contributed by atoms with E-state index in [0.717, 1.165) is 24.0 Å². The van der Waals surface area contributed by atoms with Crippen LogP contribution in [0.4, 0.5) is 0 Å². The third-order valence-electron chi connectivity index (χ3n) is 6.98. The van der Waals surface area contributed by atoms with Crippen molar-refractivity contribution in [3.05, 3.63) is 78.9 Å². The van der Waals surface area contributed by atoms with Gasteiger partial charge in [-0.05, 0) is 73.2 Å². The van der Waals surface area contributed by atoms with Gasteiger partial charge in [0, 0.05) is 26.2 Å². The van der Waals surface area contributed by atoms with Crippen molar-refractivity contribution in [1.29, 1.82) is 0 Å². The van der Waals surface area contributed by atoms with Gasteiger partial charge in [-0.2, -0.15) is 0 Å². The Morgan fingerprint density at radius 3 is 2.08 bits per heavy atom. The average molecular weight is 538 g/mol. The van der Waals surface area contributed by atoms with Crippen LogP contribution >= 0.6 is 0 Å². The lowest BCUT2D eigenvalue weighted by Crippen LogP contribution is -2.56. The summed E-state index contributed by atoms with van der Waals surface area (Å²) in [5.41, 5.74) is 4.55. The van der Waals surface area contributed by atoms with Crippen LogP contribution < -0.4 is 10.2 Å². The molecule has 200 valence electrons. The number of ether oxygens (including phenoxy) is 3. The van der Waals surface area contributed by atoms with Crippen LogP contribution in [-0.2, 0) is 28.9 Å². The second kappa shape index (κ2) is 11.7. The molecule has 2 aliphatic heterocycles. The first-order valence-corrected chi connectivity index (χ1v) is 14.3. The van der Waals surface area contributed by atoms with Crippen LogP contribution in [0.1, 0.15) is 32.1 Å². The molecule has 1 amide bonds. The number of carbonyl (C=O) groups excluding carboxylic acids is 1. The highest BCUT2D eigenvalue weighted by atomic mass is 32.2. The maximum absolute atomic E-state index is 13.8. The first-order chi connectivity index (χ1) is 18.5. The van der Waals surface area contributed by atoms with E-state index in [1.165, 1.54) is 12.1 Å². The summed E-state index contributed by atoms with van der Waals surface area (Å²) in [6, 6.07) is 23.8. The molecule has 2 saturated heterocycles. The quantitative estimate of drug-likeness (QED) is 0.402. The highest BCUT2D eigenvalue weighted by Crippen LogP contribution is 2.36. The Balaban J connectivity index is 1.30. The van der Waals surface area contributed by atoms with Gasteiger partial charge in [-0.3, -0.25) is 4.79 Å². The molecule has 5 rings (SSSR count). The minimum absolute atomic E-state index is 0.0298. The summed E-state index contributed by atoms with van der Waals surface area (Å²) < 4.78 is 42.7. The molecule has 3 aromatic carbocycles. The maximum atomic E-state index is 13.8. The summed E-state index contributed by atoms with van der Waals surface area (Å²) in [5.74, 6) is 0.413. The molecule has 1 N–H and O–H groups in total. The number of hydroxylamine groups is 1. The summed E-state index contributed by atoms with van der Waals surface area (Å²) in [4.78, 5) is 18.7. The van der Waals surface area contributed by atoms with E-state index < -0.39 is 26.8 Å².